The zero-order valence-electron chi connectivity index (χ0n) is 14.2. The maximum absolute atomic E-state index is 3.56. The highest BCUT2D eigenvalue weighted by Gasteiger charge is 1.98. The predicted molar refractivity (Wildman–Crippen MR) is 98.3 cm³/mol. The van der Waals surface area contributed by atoms with Crippen LogP contribution in [-0.2, 0) is 6.42 Å². The summed E-state index contributed by atoms with van der Waals surface area (Å²) in [6, 6.07) is 16.6. The maximum Gasteiger partial charge on any atom is -0.00643 e. The highest BCUT2D eigenvalue weighted by atomic mass is 14.0. The van der Waals surface area contributed by atoms with Gasteiger partial charge < -0.3 is 0 Å². The van der Waals surface area contributed by atoms with Gasteiger partial charge in [-0.2, -0.15) is 0 Å². The lowest BCUT2D eigenvalue weighted by Crippen LogP contribution is -1.87. The Labute approximate surface area is 136 Å². The fraction of sp³-hybridized carbons (Fsp3) is 0.545. The van der Waals surface area contributed by atoms with Gasteiger partial charge in [0.2, 0.25) is 0 Å². The van der Waals surface area contributed by atoms with Crippen molar-refractivity contribution in [2.24, 2.45) is 0 Å². The van der Waals surface area contributed by atoms with E-state index in [1.165, 1.54) is 87.0 Å². The van der Waals surface area contributed by atoms with E-state index in [4.69, 9.17) is 0 Å². The minimum Gasteiger partial charge on any atom is -0.0654 e. The van der Waals surface area contributed by atoms with Crippen molar-refractivity contribution in [2.45, 2.75) is 77.6 Å². The molecule has 2 aromatic carbocycles. The van der Waals surface area contributed by atoms with Crippen LogP contribution in [0.4, 0.5) is 0 Å². The largest absolute Gasteiger partial charge is 0.0654 e. The number of benzene rings is 2. The monoisotopic (exact) mass is 295 g/mol. The minimum absolute atomic E-state index is 1.18. The van der Waals surface area contributed by atoms with E-state index in [1.807, 2.05) is 0 Å². The van der Waals surface area contributed by atoms with Gasteiger partial charge in [-0.1, -0.05) is 101 Å². The summed E-state index contributed by atoms with van der Waals surface area (Å²) >= 11 is 0. The molecule has 0 amide bonds. The molecule has 0 saturated carbocycles. The molecule has 0 fully saturated rings. The van der Waals surface area contributed by atoms with Crippen LogP contribution in [0.3, 0.4) is 0 Å². The molecule has 1 radical (unpaired) electrons. The summed E-state index contributed by atoms with van der Waals surface area (Å²) in [7, 11) is 0. The van der Waals surface area contributed by atoms with Crippen LogP contribution in [0.1, 0.15) is 76.7 Å². The lowest BCUT2D eigenvalue weighted by molar-refractivity contribution is 0.556. The second-order valence-electron chi connectivity index (χ2n) is 6.50. The summed E-state index contributed by atoms with van der Waals surface area (Å²) in [5.74, 6) is 0. The third-order valence-electron chi connectivity index (χ3n) is 4.52. The third kappa shape index (κ3) is 6.22. The SMILES string of the molecule is CCCCCCCCCCCCc1[c]c2ccccc2cc1. The zero-order chi connectivity index (χ0) is 15.5. The number of rotatable bonds is 11. The van der Waals surface area contributed by atoms with Gasteiger partial charge in [0.15, 0.2) is 0 Å². The van der Waals surface area contributed by atoms with E-state index >= 15 is 0 Å². The van der Waals surface area contributed by atoms with Gasteiger partial charge in [0, 0.05) is 0 Å². The molecule has 0 aliphatic rings. The number of hydrogen-bond donors (Lipinski definition) is 0. The van der Waals surface area contributed by atoms with E-state index in [1.54, 1.807) is 0 Å². The Morgan fingerprint density at radius 1 is 0.682 bits per heavy atom. The van der Waals surface area contributed by atoms with E-state index in [-0.39, 0.29) is 0 Å². The van der Waals surface area contributed by atoms with Crippen LogP contribution in [0.2, 0.25) is 0 Å². The standard InChI is InChI=1S/C22H31/c1-2-3-4-5-6-7-8-9-10-11-14-20-17-18-21-15-12-13-16-22(21)19-20/h12-13,15-18H,2-11,14H2,1H3. The van der Waals surface area contributed by atoms with Gasteiger partial charge in [-0.25, -0.2) is 0 Å². The van der Waals surface area contributed by atoms with Gasteiger partial charge in [-0.05, 0) is 35.2 Å². The summed E-state index contributed by atoms with van der Waals surface area (Å²) in [4.78, 5) is 0. The number of fused-ring (bicyclic) bond motifs is 1. The average Bonchev–Trinajstić information content (AvgIpc) is 2.56. The van der Waals surface area contributed by atoms with Crippen molar-refractivity contribution in [2.75, 3.05) is 0 Å². The van der Waals surface area contributed by atoms with Crippen molar-refractivity contribution in [3.63, 3.8) is 0 Å². The van der Waals surface area contributed by atoms with Crippen LogP contribution < -0.4 is 0 Å². The van der Waals surface area contributed by atoms with E-state index in [2.05, 4.69) is 49.4 Å². The van der Waals surface area contributed by atoms with Crippen molar-refractivity contribution in [1.82, 2.24) is 0 Å². The second-order valence-corrected chi connectivity index (χ2v) is 6.50. The molecule has 2 rings (SSSR count). The molecule has 0 heteroatoms. The molecule has 0 N–H and O–H groups in total. The molecule has 0 spiro atoms. The molecule has 0 unspecified atom stereocenters. The Kier molecular flexibility index (Phi) is 8.09. The van der Waals surface area contributed by atoms with Crippen molar-refractivity contribution in [3.05, 3.63) is 48.0 Å². The first-order chi connectivity index (χ1) is 10.9. The van der Waals surface area contributed by atoms with Crippen LogP contribution in [0.25, 0.3) is 10.8 Å². The topological polar surface area (TPSA) is 0 Å². The van der Waals surface area contributed by atoms with Gasteiger partial charge in [0.25, 0.3) is 0 Å². The number of unbranched alkanes of at least 4 members (excludes halogenated alkanes) is 9. The molecule has 0 aromatic heterocycles. The van der Waals surface area contributed by atoms with E-state index in [0.29, 0.717) is 0 Å². The maximum atomic E-state index is 3.56. The first-order valence-corrected chi connectivity index (χ1v) is 9.30. The normalized spacial score (nSPS) is 11.1. The average molecular weight is 295 g/mol. The molecule has 0 bridgehead atoms. The molecular weight excluding hydrogens is 264 g/mol. The Bertz CT molecular complexity index is 526. The van der Waals surface area contributed by atoms with Gasteiger partial charge in [-0.15, -0.1) is 0 Å². The molecule has 0 saturated heterocycles. The van der Waals surface area contributed by atoms with Crippen LogP contribution in [0.15, 0.2) is 36.4 Å². The first-order valence-electron chi connectivity index (χ1n) is 9.30. The number of aryl methyl sites for hydroxylation is 1. The van der Waals surface area contributed by atoms with Gasteiger partial charge in [-0.3, -0.25) is 0 Å². The summed E-state index contributed by atoms with van der Waals surface area (Å²) in [5, 5.41) is 2.56. The molecule has 0 atom stereocenters. The van der Waals surface area contributed by atoms with E-state index < -0.39 is 0 Å². The smallest absolute Gasteiger partial charge is 0.00643 e. The summed E-state index contributed by atoms with van der Waals surface area (Å²) in [5.41, 5.74) is 1.37. The minimum atomic E-state index is 1.18. The van der Waals surface area contributed by atoms with Gasteiger partial charge in [0.1, 0.15) is 0 Å². The molecule has 0 heterocycles. The van der Waals surface area contributed by atoms with E-state index in [9.17, 15) is 0 Å². The highest BCUT2D eigenvalue weighted by Crippen LogP contribution is 2.17. The van der Waals surface area contributed by atoms with Crippen LogP contribution >= 0.6 is 0 Å². The fourth-order valence-corrected chi connectivity index (χ4v) is 3.11. The second kappa shape index (κ2) is 10.4. The highest BCUT2D eigenvalue weighted by molar-refractivity contribution is 5.82. The Hall–Kier alpha value is -1.30. The molecule has 119 valence electrons. The number of hydrogen-bond acceptors (Lipinski definition) is 0. The van der Waals surface area contributed by atoms with Crippen LogP contribution in [-0.4, -0.2) is 0 Å². The molecule has 0 nitrogen and oxygen atoms in total. The summed E-state index contributed by atoms with van der Waals surface area (Å²) in [6.45, 7) is 2.28. The van der Waals surface area contributed by atoms with Crippen LogP contribution in [0.5, 0.6) is 0 Å². The lowest BCUT2D eigenvalue weighted by atomic mass is 10.0. The molecule has 2 aromatic rings. The lowest BCUT2D eigenvalue weighted by Gasteiger charge is -2.04. The van der Waals surface area contributed by atoms with Gasteiger partial charge >= 0.3 is 0 Å². The molecular formula is C22H31. The van der Waals surface area contributed by atoms with Crippen molar-refractivity contribution in [1.29, 1.82) is 0 Å². The van der Waals surface area contributed by atoms with Crippen molar-refractivity contribution < 1.29 is 0 Å². The van der Waals surface area contributed by atoms with Gasteiger partial charge in [0.05, 0.1) is 0 Å². The fourth-order valence-electron chi connectivity index (χ4n) is 3.11. The van der Waals surface area contributed by atoms with Crippen LogP contribution in [0, 0.1) is 6.07 Å². The predicted octanol–water partition coefficient (Wildman–Crippen LogP) is 7.10. The quantitative estimate of drug-likeness (QED) is 0.388. The van der Waals surface area contributed by atoms with E-state index in [0.717, 1.165) is 0 Å². The first kappa shape index (κ1) is 17.1. The Balaban J connectivity index is 1.54. The Morgan fingerprint density at radius 3 is 2.05 bits per heavy atom. The van der Waals surface area contributed by atoms with Crippen molar-refractivity contribution in [3.8, 4) is 0 Å². The molecule has 0 aliphatic carbocycles. The zero-order valence-corrected chi connectivity index (χ0v) is 14.2. The third-order valence-corrected chi connectivity index (χ3v) is 4.52. The molecule has 22 heavy (non-hydrogen) atoms. The molecule has 0 aliphatic heterocycles. The van der Waals surface area contributed by atoms with Crippen molar-refractivity contribution >= 4 is 10.8 Å². The Morgan fingerprint density at radius 2 is 1.32 bits per heavy atom. The summed E-state index contributed by atoms with van der Waals surface area (Å²) in [6.07, 6.45) is 15.2. The summed E-state index contributed by atoms with van der Waals surface area (Å²) < 4.78 is 0.